The van der Waals surface area contributed by atoms with Gasteiger partial charge in [0.05, 0.1) is 14.2 Å². The fourth-order valence-electron chi connectivity index (χ4n) is 2.98. The van der Waals surface area contributed by atoms with Crippen LogP contribution >= 0.6 is 0 Å². The molecule has 0 radical (unpaired) electrons. The molecule has 0 aliphatic carbocycles. The Labute approximate surface area is 157 Å². The minimum atomic E-state index is -0.621. The van der Waals surface area contributed by atoms with Crippen LogP contribution in [0, 0.1) is 0 Å². The number of methoxy groups -OCH3 is 2. The number of furan rings is 1. The topological polar surface area (TPSA) is 65.7 Å². The average molecular weight is 364 g/mol. The number of hydrogen-bond donors (Lipinski definition) is 0. The van der Waals surface area contributed by atoms with E-state index >= 15 is 0 Å². The number of carbonyl (C=O) groups excluding carboxylic acids is 2. The Bertz CT molecular complexity index is 850. The summed E-state index contributed by atoms with van der Waals surface area (Å²) in [4.78, 5) is 24.9. The first-order chi connectivity index (χ1) is 13.1. The molecule has 0 fully saturated rings. The third-order valence-corrected chi connectivity index (χ3v) is 4.25. The molecule has 0 saturated heterocycles. The van der Waals surface area contributed by atoms with Crippen molar-refractivity contribution in [2.45, 2.75) is 12.8 Å². The first-order valence-corrected chi connectivity index (χ1v) is 8.53. The van der Waals surface area contributed by atoms with Crippen LogP contribution in [0.4, 0.5) is 0 Å². The molecule has 0 amide bonds. The largest absolute Gasteiger partial charge is 0.465 e. The summed E-state index contributed by atoms with van der Waals surface area (Å²) in [6.07, 6.45) is 0.730. The maximum Gasteiger partial charge on any atom is 0.342 e. The van der Waals surface area contributed by atoms with Crippen molar-refractivity contribution in [2.24, 2.45) is 0 Å². The lowest BCUT2D eigenvalue weighted by molar-refractivity contribution is 0.0555. The van der Waals surface area contributed by atoms with E-state index in [-0.39, 0.29) is 11.1 Å². The van der Waals surface area contributed by atoms with E-state index in [1.54, 1.807) is 0 Å². The molecule has 3 rings (SSSR count). The molecule has 138 valence electrons. The summed E-state index contributed by atoms with van der Waals surface area (Å²) < 4.78 is 15.8. The van der Waals surface area contributed by atoms with Crippen molar-refractivity contribution in [1.29, 1.82) is 0 Å². The zero-order valence-electron chi connectivity index (χ0n) is 15.2. The smallest absolute Gasteiger partial charge is 0.342 e. The molecule has 0 bridgehead atoms. The Morgan fingerprint density at radius 2 is 1.07 bits per heavy atom. The first-order valence-electron chi connectivity index (χ1n) is 8.53. The molecule has 1 heterocycles. The van der Waals surface area contributed by atoms with Crippen molar-refractivity contribution < 1.29 is 23.5 Å². The monoisotopic (exact) mass is 364 g/mol. The van der Waals surface area contributed by atoms with Crippen molar-refractivity contribution in [2.75, 3.05) is 14.2 Å². The fraction of sp³-hybridized carbons (Fsp3) is 0.182. The van der Waals surface area contributed by atoms with E-state index in [4.69, 9.17) is 13.9 Å². The molecule has 5 heteroatoms. The van der Waals surface area contributed by atoms with Gasteiger partial charge in [-0.3, -0.25) is 0 Å². The molecule has 27 heavy (non-hydrogen) atoms. The van der Waals surface area contributed by atoms with Crippen molar-refractivity contribution >= 4 is 11.9 Å². The molecule has 0 atom stereocenters. The van der Waals surface area contributed by atoms with E-state index in [1.165, 1.54) is 14.2 Å². The van der Waals surface area contributed by atoms with E-state index in [1.807, 2.05) is 60.7 Å². The molecule has 0 aliphatic rings. The Kier molecular flexibility index (Phi) is 5.71. The molecule has 2 aromatic carbocycles. The SMILES string of the molecule is COC(=O)c1c(Cc2ccccc2)oc(Cc2ccccc2)c1C(=O)OC. The van der Waals surface area contributed by atoms with Gasteiger partial charge in [0.25, 0.3) is 0 Å². The van der Waals surface area contributed by atoms with Gasteiger partial charge in [0, 0.05) is 12.8 Å². The molecular weight excluding hydrogens is 344 g/mol. The van der Waals surface area contributed by atoms with E-state index < -0.39 is 11.9 Å². The van der Waals surface area contributed by atoms with Crippen LogP contribution in [0.1, 0.15) is 43.4 Å². The molecule has 1 aromatic heterocycles. The summed E-state index contributed by atoms with van der Waals surface area (Å²) in [7, 11) is 2.55. The van der Waals surface area contributed by atoms with Crippen molar-refractivity contribution in [3.05, 3.63) is 94.4 Å². The van der Waals surface area contributed by atoms with Crippen molar-refractivity contribution in [1.82, 2.24) is 0 Å². The maximum atomic E-state index is 12.4. The second-order valence-electron chi connectivity index (χ2n) is 6.01. The van der Waals surface area contributed by atoms with Crippen LogP contribution in [0.2, 0.25) is 0 Å². The summed E-state index contributed by atoms with van der Waals surface area (Å²) >= 11 is 0. The summed E-state index contributed by atoms with van der Waals surface area (Å²) in [5, 5.41) is 0. The lowest BCUT2D eigenvalue weighted by Crippen LogP contribution is -2.13. The lowest BCUT2D eigenvalue weighted by atomic mass is 10.0. The second kappa shape index (κ2) is 8.36. The van der Waals surface area contributed by atoms with Crippen LogP contribution in [0.25, 0.3) is 0 Å². The van der Waals surface area contributed by atoms with Gasteiger partial charge < -0.3 is 13.9 Å². The Hall–Kier alpha value is -3.34. The Balaban J connectivity index is 2.11. The molecule has 0 spiro atoms. The van der Waals surface area contributed by atoms with Gasteiger partial charge in [-0.15, -0.1) is 0 Å². The van der Waals surface area contributed by atoms with Crippen LogP contribution < -0.4 is 0 Å². The summed E-state index contributed by atoms with van der Waals surface area (Å²) in [6.45, 7) is 0. The number of hydrogen-bond acceptors (Lipinski definition) is 5. The minimum absolute atomic E-state index is 0.124. The van der Waals surface area contributed by atoms with Gasteiger partial charge in [-0.05, 0) is 11.1 Å². The third kappa shape index (κ3) is 4.08. The van der Waals surface area contributed by atoms with Crippen LogP contribution in [-0.4, -0.2) is 26.2 Å². The zero-order chi connectivity index (χ0) is 19.2. The third-order valence-electron chi connectivity index (χ3n) is 4.25. The molecule has 5 nitrogen and oxygen atoms in total. The van der Waals surface area contributed by atoms with Crippen molar-refractivity contribution in [3.63, 3.8) is 0 Å². The fourth-order valence-corrected chi connectivity index (χ4v) is 2.98. The van der Waals surface area contributed by atoms with Gasteiger partial charge in [0.15, 0.2) is 0 Å². The highest BCUT2D eigenvalue weighted by Crippen LogP contribution is 2.29. The summed E-state index contributed by atoms with van der Waals surface area (Å²) in [5.41, 5.74) is 2.16. The molecule has 0 unspecified atom stereocenters. The highest BCUT2D eigenvalue weighted by molar-refractivity contribution is 6.04. The Morgan fingerprint density at radius 3 is 1.41 bits per heavy atom. The summed E-state index contributed by atoms with van der Waals surface area (Å²) in [6, 6.07) is 19.2. The van der Waals surface area contributed by atoms with E-state index in [0.29, 0.717) is 24.4 Å². The number of benzene rings is 2. The Morgan fingerprint density at radius 1 is 0.704 bits per heavy atom. The molecule has 0 N–H and O–H groups in total. The van der Waals surface area contributed by atoms with Gasteiger partial charge in [-0.25, -0.2) is 9.59 Å². The van der Waals surface area contributed by atoms with Gasteiger partial charge in [-0.1, -0.05) is 60.7 Å². The highest BCUT2D eigenvalue weighted by atomic mass is 16.5. The van der Waals surface area contributed by atoms with Gasteiger partial charge >= 0.3 is 11.9 Å². The van der Waals surface area contributed by atoms with Crippen LogP contribution in [0.15, 0.2) is 65.1 Å². The highest BCUT2D eigenvalue weighted by Gasteiger charge is 2.31. The average Bonchev–Trinajstić information content (AvgIpc) is 3.05. The standard InChI is InChI=1S/C22H20O5/c1-25-21(23)19-17(13-15-9-5-3-6-10-15)27-18(20(19)22(24)26-2)14-16-11-7-4-8-12-16/h3-12H,13-14H2,1-2H3. The lowest BCUT2D eigenvalue weighted by Gasteiger charge is -2.04. The molecule has 3 aromatic rings. The number of carbonyl (C=O) groups is 2. The second-order valence-corrected chi connectivity index (χ2v) is 6.01. The predicted molar refractivity (Wildman–Crippen MR) is 99.9 cm³/mol. The normalized spacial score (nSPS) is 10.4. The number of rotatable bonds is 6. The maximum absolute atomic E-state index is 12.4. The van der Waals surface area contributed by atoms with E-state index in [2.05, 4.69) is 0 Å². The first kappa shape index (κ1) is 18.5. The number of ether oxygens (including phenoxy) is 2. The summed E-state index contributed by atoms with van der Waals surface area (Å²) in [5.74, 6) is -0.465. The van der Waals surface area contributed by atoms with Crippen molar-refractivity contribution in [3.8, 4) is 0 Å². The number of esters is 2. The van der Waals surface area contributed by atoms with Gasteiger partial charge in [-0.2, -0.15) is 0 Å². The molecule has 0 saturated carbocycles. The van der Waals surface area contributed by atoms with Gasteiger partial charge in [0.1, 0.15) is 22.6 Å². The minimum Gasteiger partial charge on any atom is -0.465 e. The van der Waals surface area contributed by atoms with Crippen LogP contribution in [0.3, 0.4) is 0 Å². The molecule has 0 aliphatic heterocycles. The van der Waals surface area contributed by atoms with E-state index in [0.717, 1.165) is 11.1 Å². The van der Waals surface area contributed by atoms with Crippen LogP contribution in [0.5, 0.6) is 0 Å². The van der Waals surface area contributed by atoms with Gasteiger partial charge in [0.2, 0.25) is 0 Å². The quantitative estimate of drug-likeness (QED) is 0.618. The van der Waals surface area contributed by atoms with E-state index in [9.17, 15) is 9.59 Å². The predicted octanol–water partition coefficient (Wildman–Crippen LogP) is 4.03. The zero-order valence-corrected chi connectivity index (χ0v) is 15.2. The van der Waals surface area contributed by atoms with Crippen LogP contribution in [-0.2, 0) is 22.3 Å². The molecular formula is C22H20O5.